The van der Waals surface area contributed by atoms with Crippen LogP contribution in [-0.4, -0.2) is 21.5 Å². The second-order valence-corrected chi connectivity index (χ2v) is 6.61. The van der Waals surface area contributed by atoms with E-state index in [0.29, 0.717) is 6.54 Å². The molecule has 7 heteroatoms. The number of carbonyl (C=O) groups is 1. The van der Waals surface area contributed by atoms with Crippen molar-refractivity contribution in [2.75, 3.05) is 0 Å². The molecule has 1 aromatic carbocycles. The lowest BCUT2D eigenvalue weighted by atomic mass is 9.87. The Kier molecular flexibility index (Phi) is 9.04. The van der Waals surface area contributed by atoms with Crippen molar-refractivity contribution in [2.24, 2.45) is 11.1 Å². The van der Waals surface area contributed by atoms with Crippen LogP contribution in [0.15, 0.2) is 43.0 Å². The van der Waals surface area contributed by atoms with Gasteiger partial charge in [-0.15, -0.1) is 24.8 Å². The van der Waals surface area contributed by atoms with Crippen molar-refractivity contribution >= 4 is 30.7 Å². The first kappa shape index (κ1) is 22.4. The lowest BCUT2D eigenvalue weighted by Gasteiger charge is -2.25. The van der Waals surface area contributed by atoms with Crippen LogP contribution in [0.5, 0.6) is 0 Å². The van der Waals surface area contributed by atoms with Gasteiger partial charge in [0, 0.05) is 25.5 Å². The number of aromatic nitrogens is 2. The summed E-state index contributed by atoms with van der Waals surface area (Å²) in [6.45, 7) is 7.17. The number of nitrogens with one attached hydrogen (secondary N) is 1. The van der Waals surface area contributed by atoms with Gasteiger partial charge in [0.25, 0.3) is 0 Å². The molecule has 0 saturated carbocycles. The van der Waals surface area contributed by atoms with Gasteiger partial charge in [0.2, 0.25) is 5.91 Å². The number of carbonyl (C=O) groups excluding carboxylic acids is 1. The molecular formula is C17H26Cl2N4O. The Bertz CT molecular complexity index is 607. The summed E-state index contributed by atoms with van der Waals surface area (Å²) in [6.07, 6.45) is 5.49. The smallest absolute Gasteiger partial charge is 0.237 e. The molecule has 134 valence electrons. The van der Waals surface area contributed by atoms with E-state index in [0.717, 1.165) is 12.1 Å². The predicted molar refractivity (Wildman–Crippen MR) is 102 cm³/mol. The van der Waals surface area contributed by atoms with Crippen LogP contribution >= 0.6 is 24.8 Å². The molecule has 5 nitrogen and oxygen atoms in total. The Balaban J connectivity index is 0.00000264. The molecule has 1 atom stereocenters. The van der Waals surface area contributed by atoms with Gasteiger partial charge in [-0.25, -0.2) is 4.98 Å². The summed E-state index contributed by atoms with van der Waals surface area (Å²) in [4.78, 5) is 16.0. The highest BCUT2D eigenvalue weighted by Gasteiger charge is 2.26. The molecule has 0 saturated heterocycles. The minimum Gasteiger partial charge on any atom is -0.351 e. The van der Waals surface area contributed by atoms with Crippen LogP contribution in [0.25, 0.3) is 0 Å². The van der Waals surface area contributed by atoms with Gasteiger partial charge in [0.15, 0.2) is 0 Å². The van der Waals surface area contributed by atoms with Crippen LogP contribution in [-0.2, 0) is 17.9 Å². The standard InChI is InChI=1S/C17H24N4O.2ClH/c1-17(2,3)15(18)16(22)20-10-13-4-6-14(7-5-13)11-21-9-8-19-12-21;;/h4-9,12,15H,10-11,18H2,1-3H3,(H,20,22);2*1H/t15-;;/m1../s1. The molecule has 24 heavy (non-hydrogen) atoms. The van der Waals surface area contributed by atoms with Crippen molar-refractivity contribution < 1.29 is 4.79 Å². The van der Waals surface area contributed by atoms with Crippen molar-refractivity contribution in [3.05, 3.63) is 54.1 Å². The second-order valence-electron chi connectivity index (χ2n) is 6.61. The lowest BCUT2D eigenvalue weighted by Crippen LogP contribution is -2.48. The maximum Gasteiger partial charge on any atom is 0.237 e. The fraction of sp³-hybridized carbons (Fsp3) is 0.412. The van der Waals surface area contributed by atoms with Gasteiger partial charge in [-0.05, 0) is 16.5 Å². The number of benzene rings is 1. The molecule has 0 fully saturated rings. The van der Waals surface area contributed by atoms with Crippen LogP contribution in [0.3, 0.4) is 0 Å². The predicted octanol–water partition coefficient (Wildman–Crippen LogP) is 2.76. The number of imidazole rings is 1. The van der Waals surface area contributed by atoms with E-state index in [9.17, 15) is 4.79 Å². The summed E-state index contributed by atoms with van der Waals surface area (Å²) in [5, 5.41) is 2.89. The molecule has 0 bridgehead atoms. The highest BCUT2D eigenvalue weighted by Crippen LogP contribution is 2.17. The topological polar surface area (TPSA) is 72.9 Å². The van der Waals surface area contributed by atoms with Crippen LogP contribution in [0.2, 0.25) is 0 Å². The van der Waals surface area contributed by atoms with Crippen molar-refractivity contribution in [3.8, 4) is 0 Å². The van der Waals surface area contributed by atoms with Gasteiger partial charge in [0.1, 0.15) is 0 Å². The zero-order valence-electron chi connectivity index (χ0n) is 14.2. The first-order valence-electron chi connectivity index (χ1n) is 7.43. The van der Waals surface area contributed by atoms with Crippen LogP contribution in [0.1, 0.15) is 31.9 Å². The number of nitrogens with two attached hydrogens (primary N) is 1. The number of halogens is 2. The fourth-order valence-corrected chi connectivity index (χ4v) is 2.05. The Morgan fingerprint density at radius 1 is 1.21 bits per heavy atom. The molecule has 1 heterocycles. The average molecular weight is 373 g/mol. The van der Waals surface area contributed by atoms with E-state index < -0.39 is 6.04 Å². The molecule has 1 aromatic heterocycles. The van der Waals surface area contributed by atoms with E-state index in [1.165, 1.54) is 5.56 Å². The van der Waals surface area contributed by atoms with Gasteiger partial charge in [0.05, 0.1) is 12.4 Å². The zero-order valence-corrected chi connectivity index (χ0v) is 15.9. The third kappa shape index (κ3) is 6.51. The highest BCUT2D eigenvalue weighted by atomic mass is 35.5. The average Bonchev–Trinajstić information content (AvgIpc) is 2.97. The van der Waals surface area contributed by atoms with Crippen molar-refractivity contribution in [3.63, 3.8) is 0 Å². The molecule has 0 aliphatic rings. The number of rotatable bonds is 5. The Hall–Kier alpha value is -1.56. The molecular weight excluding hydrogens is 347 g/mol. The zero-order chi connectivity index (χ0) is 16.2. The lowest BCUT2D eigenvalue weighted by molar-refractivity contribution is -0.124. The SMILES string of the molecule is CC(C)(C)[C@H](N)C(=O)NCc1ccc(Cn2ccnc2)cc1.Cl.Cl. The first-order valence-corrected chi connectivity index (χ1v) is 7.43. The van der Waals surface area contributed by atoms with Crippen LogP contribution < -0.4 is 11.1 Å². The van der Waals surface area contributed by atoms with E-state index in [2.05, 4.69) is 22.4 Å². The van der Waals surface area contributed by atoms with Crippen LogP contribution in [0, 0.1) is 5.41 Å². The van der Waals surface area contributed by atoms with Gasteiger partial charge < -0.3 is 15.6 Å². The van der Waals surface area contributed by atoms with E-state index >= 15 is 0 Å². The first-order chi connectivity index (χ1) is 10.4. The maximum atomic E-state index is 12.0. The van der Waals surface area contributed by atoms with Crippen molar-refractivity contribution in [1.82, 2.24) is 14.9 Å². The second kappa shape index (κ2) is 9.67. The van der Waals surface area contributed by atoms with E-state index in [-0.39, 0.29) is 36.1 Å². The quantitative estimate of drug-likeness (QED) is 0.847. The fourth-order valence-electron chi connectivity index (χ4n) is 2.05. The highest BCUT2D eigenvalue weighted by molar-refractivity contribution is 5.85. The molecule has 0 unspecified atom stereocenters. The molecule has 2 rings (SSSR count). The Morgan fingerprint density at radius 2 is 1.79 bits per heavy atom. The van der Waals surface area contributed by atoms with Gasteiger partial charge >= 0.3 is 0 Å². The summed E-state index contributed by atoms with van der Waals surface area (Å²) in [5.74, 6) is -0.116. The minimum atomic E-state index is -0.506. The third-order valence-electron chi connectivity index (χ3n) is 3.63. The number of hydrogen-bond acceptors (Lipinski definition) is 3. The molecule has 2 aromatic rings. The van der Waals surface area contributed by atoms with Gasteiger partial charge in [-0.1, -0.05) is 45.0 Å². The molecule has 0 aliphatic heterocycles. The van der Waals surface area contributed by atoms with E-state index in [4.69, 9.17) is 5.73 Å². The Labute approximate surface area is 155 Å². The summed E-state index contributed by atoms with van der Waals surface area (Å²) in [7, 11) is 0. The minimum absolute atomic E-state index is 0. The molecule has 0 aliphatic carbocycles. The van der Waals surface area contributed by atoms with E-state index in [1.807, 2.05) is 43.7 Å². The molecule has 0 spiro atoms. The largest absolute Gasteiger partial charge is 0.351 e. The number of amides is 1. The maximum absolute atomic E-state index is 12.0. The van der Waals surface area contributed by atoms with E-state index in [1.54, 1.807) is 12.5 Å². The molecule has 0 radical (unpaired) electrons. The number of nitrogens with zero attached hydrogens (tertiary/aromatic N) is 2. The molecule has 1 amide bonds. The molecule has 3 N–H and O–H groups in total. The summed E-state index contributed by atoms with van der Waals surface area (Å²) >= 11 is 0. The van der Waals surface area contributed by atoms with Crippen LogP contribution in [0.4, 0.5) is 0 Å². The van der Waals surface area contributed by atoms with Crippen molar-refractivity contribution in [2.45, 2.75) is 39.9 Å². The van der Waals surface area contributed by atoms with Gasteiger partial charge in [-0.3, -0.25) is 4.79 Å². The summed E-state index contributed by atoms with van der Waals surface area (Å²) in [5.41, 5.74) is 7.95. The summed E-state index contributed by atoms with van der Waals surface area (Å²) < 4.78 is 2.01. The summed E-state index contributed by atoms with van der Waals surface area (Å²) in [6, 6.07) is 7.66. The Morgan fingerprint density at radius 3 is 2.29 bits per heavy atom. The monoisotopic (exact) mass is 372 g/mol. The van der Waals surface area contributed by atoms with Crippen molar-refractivity contribution in [1.29, 1.82) is 0 Å². The third-order valence-corrected chi connectivity index (χ3v) is 3.63. The van der Waals surface area contributed by atoms with Gasteiger partial charge in [-0.2, -0.15) is 0 Å². The normalized spacial score (nSPS) is 11.8. The number of hydrogen-bond donors (Lipinski definition) is 2.